The number of nitrogens with zero attached hydrogens (tertiary/aromatic N) is 3. The minimum absolute atomic E-state index is 0.00456. The van der Waals surface area contributed by atoms with Gasteiger partial charge < -0.3 is 15.0 Å². The number of nitrogens with one attached hydrogen (secondary N) is 1. The van der Waals surface area contributed by atoms with Crippen LogP contribution in [0.15, 0.2) is 48.5 Å². The highest BCUT2D eigenvalue weighted by atomic mass is 35.5. The summed E-state index contributed by atoms with van der Waals surface area (Å²) in [6, 6.07) is 16.9. The van der Waals surface area contributed by atoms with Crippen molar-refractivity contribution in [3.8, 4) is 5.75 Å². The summed E-state index contributed by atoms with van der Waals surface area (Å²) in [5.74, 6) is 1.45. The summed E-state index contributed by atoms with van der Waals surface area (Å²) in [5, 5.41) is 4.54. The third-order valence-electron chi connectivity index (χ3n) is 9.68. The van der Waals surface area contributed by atoms with Crippen LogP contribution >= 0.6 is 11.6 Å². The quantitative estimate of drug-likeness (QED) is 0.440. The fourth-order valence-electron chi connectivity index (χ4n) is 7.19. The van der Waals surface area contributed by atoms with Gasteiger partial charge in [-0.1, -0.05) is 55.1 Å². The van der Waals surface area contributed by atoms with Crippen molar-refractivity contribution in [2.75, 3.05) is 52.9 Å². The number of carbonyl (C=O) groups excluding carboxylic acids is 1. The number of rotatable bonds is 9. The molecule has 2 aromatic rings. The Morgan fingerprint density at radius 1 is 0.975 bits per heavy atom. The van der Waals surface area contributed by atoms with Crippen molar-refractivity contribution in [2.24, 2.45) is 5.92 Å². The normalized spacial score (nSPS) is 24.0. The maximum Gasteiger partial charge on any atom is 0.227 e. The Bertz CT molecular complexity index is 1090. The molecule has 3 aliphatic rings. The molecule has 218 valence electrons. The molecule has 2 atom stereocenters. The van der Waals surface area contributed by atoms with E-state index in [0.29, 0.717) is 11.9 Å². The van der Waals surface area contributed by atoms with Crippen molar-refractivity contribution >= 4 is 17.5 Å². The van der Waals surface area contributed by atoms with Crippen LogP contribution in [0.5, 0.6) is 5.75 Å². The SMILES string of the molecule is COc1ccc(CNCC2(N3CCN(C(=O)[C@H]4CN(C(C)C)C[C@@H]4c4ccc(Cl)cc4)CC3)CCCCC2)cc1. The van der Waals surface area contributed by atoms with Crippen molar-refractivity contribution in [3.05, 3.63) is 64.7 Å². The van der Waals surface area contributed by atoms with Gasteiger partial charge in [0, 0.05) is 74.9 Å². The van der Waals surface area contributed by atoms with Crippen LogP contribution < -0.4 is 10.1 Å². The molecule has 3 fully saturated rings. The molecule has 2 aliphatic heterocycles. The van der Waals surface area contributed by atoms with E-state index in [0.717, 1.165) is 63.1 Å². The van der Waals surface area contributed by atoms with E-state index in [1.54, 1.807) is 7.11 Å². The maximum atomic E-state index is 14.0. The van der Waals surface area contributed by atoms with Crippen LogP contribution in [0.25, 0.3) is 0 Å². The molecule has 1 amide bonds. The van der Waals surface area contributed by atoms with Gasteiger partial charge in [0.2, 0.25) is 5.91 Å². The van der Waals surface area contributed by atoms with Gasteiger partial charge >= 0.3 is 0 Å². The number of likely N-dealkylation sites (tertiary alicyclic amines) is 1. The molecule has 0 spiro atoms. The number of hydrogen-bond acceptors (Lipinski definition) is 5. The topological polar surface area (TPSA) is 48.1 Å². The van der Waals surface area contributed by atoms with Crippen LogP contribution in [0.2, 0.25) is 5.02 Å². The minimum Gasteiger partial charge on any atom is -0.497 e. The van der Waals surface area contributed by atoms with Gasteiger partial charge in [-0.25, -0.2) is 0 Å². The van der Waals surface area contributed by atoms with Gasteiger partial charge in [-0.2, -0.15) is 0 Å². The third-order valence-corrected chi connectivity index (χ3v) is 9.93. The third kappa shape index (κ3) is 6.67. The van der Waals surface area contributed by atoms with Crippen molar-refractivity contribution in [2.45, 2.75) is 70.0 Å². The van der Waals surface area contributed by atoms with E-state index in [1.807, 2.05) is 24.3 Å². The summed E-state index contributed by atoms with van der Waals surface area (Å²) >= 11 is 6.18. The van der Waals surface area contributed by atoms with Gasteiger partial charge in [0.05, 0.1) is 13.0 Å². The first-order chi connectivity index (χ1) is 19.4. The molecule has 6 nitrogen and oxygen atoms in total. The lowest BCUT2D eigenvalue weighted by atomic mass is 9.79. The zero-order valence-electron chi connectivity index (χ0n) is 24.6. The Morgan fingerprint density at radius 2 is 1.65 bits per heavy atom. The van der Waals surface area contributed by atoms with Crippen LogP contribution in [-0.4, -0.2) is 85.1 Å². The number of carbonyl (C=O) groups is 1. The van der Waals surface area contributed by atoms with Gasteiger partial charge in [-0.05, 0) is 62.1 Å². The second-order valence-electron chi connectivity index (χ2n) is 12.4. The number of piperazine rings is 1. The van der Waals surface area contributed by atoms with E-state index in [4.69, 9.17) is 16.3 Å². The molecule has 7 heteroatoms. The monoisotopic (exact) mass is 566 g/mol. The molecule has 0 bridgehead atoms. The maximum absolute atomic E-state index is 14.0. The zero-order valence-corrected chi connectivity index (χ0v) is 25.3. The first-order valence-corrected chi connectivity index (χ1v) is 15.6. The van der Waals surface area contributed by atoms with Gasteiger partial charge in [0.25, 0.3) is 0 Å². The summed E-state index contributed by atoms with van der Waals surface area (Å²) < 4.78 is 5.31. The average molecular weight is 567 g/mol. The van der Waals surface area contributed by atoms with E-state index in [9.17, 15) is 4.79 Å². The summed E-state index contributed by atoms with van der Waals surface area (Å²) in [5.41, 5.74) is 2.70. The fourth-order valence-corrected chi connectivity index (χ4v) is 7.31. The lowest BCUT2D eigenvalue weighted by Crippen LogP contribution is -2.62. The molecule has 1 aliphatic carbocycles. The summed E-state index contributed by atoms with van der Waals surface area (Å²) in [7, 11) is 1.71. The molecule has 0 unspecified atom stereocenters. The highest BCUT2D eigenvalue weighted by Gasteiger charge is 2.43. The van der Waals surface area contributed by atoms with Crippen LogP contribution in [-0.2, 0) is 11.3 Å². The summed E-state index contributed by atoms with van der Waals surface area (Å²) in [6.45, 7) is 11.7. The average Bonchev–Trinajstić information content (AvgIpc) is 3.44. The van der Waals surface area contributed by atoms with Crippen LogP contribution in [0.3, 0.4) is 0 Å². The number of ether oxygens (including phenoxy) is 1. The highest BCUT2D eigenvalue weighted by molar-refractivity contribution is 6.30. The van der Waals surface area contributed by atoms with Crippen LogP contribution in [0.1, 0.15) is 63.0 Å². The van der Waals surface area contributed by atoms with E-state index in [2.05, 4.69) is 58.1 Å². The number of benzene rings is 2. The molecule has 2 aromatic carbocycles. The Balaban J connectivity index is 1.21. The first kappa shape index (κ1) is 29.4. The fraction of sp³-hybridized carbons (Fsp3) is 0.606. The number of methoxy groups -OCH3 is 1. The molecular weight excluding hydrogens is 520 g/mol. The van der Waals surface area contributed by atoms with Crippen molar-refractivity contribution < 1.29 is 9.53 Å². The molecule has 0 aromatic heterocycles. The van der Waals surface area contributed by atoms with E-state index in [1.165, 1.54) is 43.2 Å². The molecule has 40 heavy (non-hydrogen) atoms. The van der Waals surface area contributed by atoms with Crippen molar-refractivity contribution in [3.63, 3.8) is 0 Å². The highest BCUT2D eigenvalue weighted by Crippen LogP contribution is 2.37. The zero-order chi connectivity index (χ0) is 28.1. The molecule has 5 rings (SSSR count). The van der Waals surface area contributed by atoms with Crippen LogP contribution in [0.4, 0.5) is 0 Å². The summed E-state index contributed by atoms with van der Waals surface area (Å²) in [6.07, 6.45) is 6.39. The Hall–Kier alpha value is -2.12. The van der Waals surface area contributed by atoms with Gasteiger partial charge in [0.1, 0.15) is 5.75 Å². The predicted octanol–water partition coefficient (Wildman–Crippen LogP) is 5.41. The Morgan fingerprint density at radius 3 is 2.27 bits per heavy atom. The molecule has 2 saturated heterocycles. The Kier molecular flexibility index (Phi) is 9.72. The van der Waals surface area contributed by atoms with Gasteiger partial charge in [-0.15, -0.1) is 0 Å². The summed E-state index contributed by atoms with van der Waals surface area (Å²) in [4.78, 5) is 21.3. The standard InChI is InChI=1S/C33H47ClN4O2/c1-25(2)37-22-30(27-9-11-28(34)12-10-27)31(23-37)32(39)36-17-19-38(20-18-36)33(15-5-4-6-16-33)24-35-21-26-7-13-29(40-3)14-8-26/h7-14,25,30-31,35H,4-6,15-24H2,1-3H3/t30-,31+/m1/s1. The van der Waals surface area contributed by atoms with Crippen molar-refractivity contribution in [1.29, 1.82) is 0 Å². The van der Waals surface area contributed by atoms with Gasteiger partial charge in [-0.3, -0.25) is 14.6 Å². The minimum atomic E-state index is 0.00456. The molecule has 1 saturated carbocycles. The van der Waals surface area contributed by atoms with Crippen LogP contribution in [0, 0.1) is 5.92 Å². The number of amides is 1. The molecule has 2 heterocycles. The second kappa shape index (κ2) is 13.2. The number of halogens is 1. The van der Waals surface area contributed by atoms with Crippen molar-refractivity contribution in [1.82, 2.24) is 20.0 Å². The van der Waals surface area contributed by atoms with E-state index < -0.39 is 0 Å². The number of hydrogen-bond donors (Lipinski definition) is 1. The Labute approximate surface area is 246 Å². The first-order valence-electron chi connectivity index (χ1n) is 15.3. The smallest absolute Gasteiger partial charge is 0.227 e. The van der Waals surface area contributed by atoms with E-state index >= 15 is 0 Å². The molecule has 1 N–H and O–H groups in total. The second-order valence-corrected chi connectivity index (χ2v) is 12.8. The lowest BCUT2D eigenvalue weighted by molar-refractivity contribution is -0.138. The van der Waals surface area contributed by atoms with E-state index in [-0.39, 0.29) is 17.4 Å². The lowest BCUT2D eigenvalue weighted by Gasteiger charge is -2.50. The largest absolute Gasteiger partial charge is 0.497 e. The predicted molar refractivity (Wildman–Crippen MR) is 163 cm³/mol. The van der Waals surface area contributed by atoms with Gasteiger partial charge in [0.15, 0.2) is 0 Å². The molecular formula is C33H47ClN4O2. The molecule has 0 radical (unpaired) electrons.